The van der Waals surface area contributed by atoms with Gasteiger partial charge in [0.25, 0.3) is 5.91 Å². The molecule has 5 nitrogen and oxygen atoms in total. The predicted molar refractivity (Wildman–Crippen MR) is 90.8 cm³/mol. The molecule has 1 amide bonds. The van der Waals surface area contributed by atoms with Crippen molar-refractivity contribution in [2.45, 2.75) is 32.1 Å². The quantitative estimate of drug-likeness (QED) is 0.849. The third-order valence-electron chi connectivity index (χ3n) is 4.46. The molecule has 0 spiro atoms. The number of hydrogen-bond donors (Lipinski definition) is 1. The number of aromatic nitrogens is 1. The van der Waals surface area contributed by atoms with Crippen molar-refractivity contribution < 1.29 is 9.53 Å². The van der Waals surface area contributed by atoms with Gasteiger partial charge in [0.2, 0.25) is 0 Å². The summed E-state index contributed by atoms with van der Waals surface area (Å²) in [5.41, 5.74) is 2.14. The van der Waals surface area contributed by atoms with E-state index < -0.39 is 0 Å². The second-order valence-corrected chi connectivity index (χ2v) is 6.09. The summed E-state index contributed by atoms with van der Waals surface area (Å²) in [5, 5.41) is 3.05. The van der Waals surface area contributed by atoms with Crippen molar-refractivity contribution in [3.05, 3.63) is 35.5 Å². The van der Waals surface area contributed by atoms with Crippen LogP contribution in [0, 0.1) is 0 Å². The van der Waals surface area contributed by atoms with E-state index in [9.17, 15) is 4.79 Å². The van der Waals surface area contributed by atoms with E-state index in [0.717, 1.165) is 25.3 Å². The van der Waals surface area contributed by atoms with Gasteiger partial charge < -0.3 is 15.0 Å². The normalized spacial score (nSPS) is 18.4. The van der Waals surface area contributed by atoms with E-state index in [0.29, 0.717) is 25.3 Å². The van der Waals surface area contributed by atoms with Gasteiger partial charge in [-0.1, -0.05) is 11.6 Å². The Hall–Kier alpha value is -1.88. The Morgan fingerprint density at radius 2 is 2.17 bits per heavy atom. The SMILES string of the molecule is O=C(NCCC1=CCCCC1)c1cccnc1N1CCOCC1. The van der Waals surface area contributed by atoms with Crippen LogP contribution in [0.25, 0.3) is 0 Å². The van der Waals surface area contributed by atoms with E-state index in [4.69, 9.17) is 4.74 Å². The average molecular weight is 315 g/mol. The molecular formula is C18H25N3O2. The minimum atomic E-state index is -0.0315. The molecule has 0 atom stereocenters. The number of hydrogen-bond acceptors (Lipinski definition) is 4. The third-order valence-corrected chi connectivity index (χ3v) is 4.46. The molecule has 0 aromatic carbocycles. The van der Waals surface area contributed by atoms with Gasteiger partial charge in [0, 0.05) is 25.8 Å². The van der Waals surface area contributed by atoms with E-state index in [2.05, 4.69) is 21.3 Å². The number of carbonyl (C=O) groups is 1. The van der Waals surface area contributed by atoms with Gasteiger partial charge in [-0.2, -0.15) is 0 Å². The van der Waals surface area contributed by atoms with Crippen LogP contribution in [-0.4, -0.2) is 43.7 Å². The fourth-order valence-electron chi connectivity index (χ4n) is 3.16. The predicted octanol–water partition coefficient (Wildman–Crippen LogP) is 2.54. The van der Waals surface area contributed by atoms with E-state index in [1.54, 1.807) is 6.20 Å². The molecule has 1 aliphatic heterocycles. The van der Waals surface area contributed by atoms with Crippen molar-refractivity contribution in [3.8, 4) is 0 Å². The molecule has 1 aliphatic carbocycles. The van der Waals surface area contributed by atoms with Gasteiger partial charge >= 0.3 is 0 Å². The van der Waals surface area contributed by atoms with Gasteiger partial charge in [-0.3, -0.25) is 4.79 Å². The van der Waals surface area contributed by atoms with E-state index in [1.807, 2.05) is 12.1 Å². The van der Waals surface area contributed by atoms with Crippen LogP contribution in [0.1, 0.15) is 42.5 Å². The highest BCUT2D eigenvalue weighted by Crippen LogP contribution is 2.20. The summed E-state index contributed by atoms with van der Waals surface area (Å²) in [6.07, 6.45) is 9.99. The number of nitrogens with one attached hydrogen (secondary N) is 1. The molecular weight excluding hydrogens is 290 g/mol. The smallest absolute Gasteiger partial charge is 0.255 e. The van der Waals surface area contributed by atoms with Gasteiger partial charge in [0.15, 0.2) is 0 Å². The van der Waals surface area contributed by atoms with Crippen LogP contribution in [0.15, 0.2) is 30.0 Å². The highest BCUT2D eigenvalue weighted by molar-refractivity contribution is 5.98. The zero-order chi connectivity index (χ0) is 15.9. The van der Waals surface area contributed by atoms with Gasteiger partial charge in [-0.15, -0.1) is 0 Å². The number of pyridine rings is 1. The molecule has 0 radical (unpaired) electrons. The molecule has 1 aromatic rings. The fourth-order valence-corrected chi connectivity index (χ4v) is 3.16. The molecule has 0 saturated carbocycles. The summed E-state index contributed by atoms with van der Waals surface area (Å²) >= 11 is 0. The second-order valence-electron chi connectivity index (χ2n) is 6.09. The van der Waals surface area contributed by atoms with Crippen molar-refractivity contribution in [1.29, 1.82) is 0 Å². The number of amides is 1. The van der Waals surface area contributed by atoms with E-state index in [1.165, 1.54) is 31.3 Å². The lowest BCUT2D eigenvalue weighted by atomic mass is 9.97. The van der Waals surface area contributed by atoms with Crippen LogP contribution in [0.2, 0.25) is 0 Å². The lowest BCUT2D eigenvalue weighted by Gasteiger charge is -2.29. The zero-order valence-corrected chi connectivity index (χ0v) is 13.6. The maximum atomic E-state index is 12.5. The summed E-state index contributed by atoms with van der Waals surface area (Å²) in [6.45, 7) is 3.63. The Balaban J connectivity index is 1.59. The number of allylic oxidation sites excluding steroid dienone is 1. The highest BCUT2D eigenvalue weighted by Gasteiger charge is 2.19. The van der Waals surface area contributed by atoms with Crippen LogP contribution >= 0.6 is 0 Å². The maximum Gasteiger partial charge on any atom is 0.255 e. The number of rotatable bonds is 5. The third kappa shape index (κ3) is 4.32. The Morgan fingerprint density at radius 1 is 1.30 bits per heavy atom. The summed E-state index contributed by atoms with van der Waals surface area (Å²) in [7, 11) is 0. The van der Waals surface area contributed by atoms with E-state index >= 15 is 0 Å². The summed E-state index contributed by atoms with van der Waals surface area (Å²) in [6, 6.07) is 3.68. The number of anilines is 1. The molecule has 2 aliphatic rings. The van der Waals surface area contributed by atoms with Crippen molar-refractivity contribution in [2.75, 3.05) is 37.7 Å². The lowest BCUT2D eigenvalue weighted by molar-refractivity contribution is 0.0952. The second kappa shape index (κ2) is 8.11. The van der Waals surface area contributed by atoms with Crippen LogP contribution in [0.3, 0.4) is 0 Å². The molecule has 1 N–H and O–H groups in total. The molecule has 1 fully saturated rings. The molecule has 1 saturated heterocycles. The molecule has 124 valence electrons. The molecule has 0 bridgehead atoms. The number of morpholine rings is 1. The van der Waals surface area contributed by atoms with Crippen LogP contribution in [0.5, 0.6) is 0 Å². The van der Waals surface area contributed by atoms with Gasteiger partial charge in [0.1, 0.15) is 5.82 Å². The first-order valence-corrected chi connectivity index (χ1v) is 8.58. The Morgan fingerprint density at radius 3 is 2.96 bits per heavy atom. The van der Waals surface area contributed by atoms with Gasteiger partial charge in [-0.25, -0.2) is 4.98 Å². The first-order valence-electron chi connectivity index (χ1n) is 8.58. The largest absolute Gasteiger partial charge is 0.378 e. The molecule has 1 aromatic heterocycles. The number of ether oxygens (including phenoxy) is 1. The van der Waals surface area contributed by atoms with E-state index in [-0.39, 0.29) is 5.91 Å². The Bertz CT molecular complexity index is 565. The topological polar surface area (TPSA) is 54.5 Å². The maximum absolute atomic E-state index is 12.5. The number of nitrogens with zero attached hydrogens (tertiary/aromatic N) is 2. The minimum absolute atomic E-state index is 0.0315. The van der Waals surface area contributed by atoms with Crippen LogP contribution < -0.4 is 10.2 Å². The van der Waals surface area contributed by atoms with Crippen molar-refractivity contribution in [1.82, 2.24) is 10.3 Å². The lowest BCUT2D eigenvalue weighted by Crippen LogP contribution is -2.38. The Kier molecular flexibility index (Phi) is 5.64. The van der Waals surface area contributed by atoms with Gasteiger partial charge in [0.05, 0.1) is 18.8 Å². The molecule has 23 heavy (non-hydrogen) atoms. The monoisotopic (exact) mass is 315 g/mol. The molecule has 5 heteroatoms. The zero-order valence-electron chi connectivity index (χ0n) is 13.6. The Labute approximate surface area is 137 Å². The highest BCUT2D eigenvalue weighted by atomic mass is 16.5. The summed E-state index contributed by atoms with van der Waals surface area (Å²) in [5.74, 6) is 0.737. The van der Waals surface area contributed by atoms with Crippen molar-refractivity contribution in [2.24, 2.45) is 0 Å². The van der Waals surface area contributed by atoms with Crippen LogP contribution in [0.4, 0.5) is 5.82 Å². The minimum Gasteiger partial charge on any atom is -0.378 e. The molecule has 2 heterocycles. The first-order chi connectivity index (χ1) is 11.3. The standard InChI is InChI=1S/C18H25N3O2/c22-18(20-10-8-15-5-2-1-3-6-15)16-7-4-9-19-17(16)21-11-13-23-14-12-21/h4-5,7,9H,1-3,6,8,10-14H2,(H,20,22). The first kappa shape index (κ1) is 16.0. The molecule has 3 rings (SSSR count). The van der Waals surface area contributed by atoms with Crippen LogP contribution in [-0.2, 0) is 4.74 Å². The number of carbonyl (C=O) groups excluding carboxylic acids is 1. The molecule has 0 unspecified atom stereocenters. The van der Waals surface area contributed by atoms with Crippen molar-refractivity contribution >= 4 is 11.7 Å². The van der Waals surface area contributed by atoms with Crippen molar-refractivity contribution in [3.63, 3.8) is 0 Å². The summed E-state index contributed by atoms with van der Waals surface area (Å²) < 4.78 is 5.38. The average Bonchev–Trinajstić information content (AvgIpc) is 2.63. The fraction of sp³-hybridized carbons (Fsp3) is 0.556. The summed E-state index contributed by atoms with van der Waals surface area (Å²) in [4.78, 5) is 19.1. The van der Waals surface area contributed by atoms with Gasteiger partial charge in [-0.05, 0) is 44.2 Å².